The average molecular weight is 269 g/mol. The summed E-state index contributed by atoms with van der Waals surface area (Å²) in [5.74, 6) is 0.543. The minimum atomic E-state index is 0. The molecule has 0 unspecified atom stereocenters. The van der Waals surface area contributed by atoms with Gasteiger partial charge in [-0.2, -0.15) is 0 Å². The predicted molar refractivity (Wildman–Crippen MR) is 77.8 cm³/mol. The van der Waals surface area contributed by atoms with Crippen LogP contribution in [0.4, 0.5) is 5.69 Å². The van der Waals surface area contributed by atoms with Gasteiger partial charge in [0.25, 0.3) is 0 Å². The predicted octanol–water partition coefficient (Wildman–Crippen LogP) is 3.57. The van der Waals surface area contributed by atoms with Crippen molar-refractivity contribution in [2.75, 3.05) is 0 Å². The zero-order valence-electron chi connectivity index (χ0n) is 9.11. The summed E-state index contributed by atoms with van der Waals surface area (Å²) in [7, 11) is 0. The van der Waals surface area contributed by atoms with Crippen molar-refractivity contribution in [1.82, 2.24) is 0 Å². The molecule has 2 aromatic carbocycles. The molecular weight excluding hydrogens is 255 g/mol. The molecule has 0 atom stereocenters. The van der Waals surface area contributed by atoms with Crippen LogP contribution in [0, 0.1) is 0 Å². The molecule has 2 N–H and O–H groups in total. The lowest BCUT2D eigenvalue weighted by Crippen LogP contribution is -2.12. The SMILES string of the molecule is Cl.Cl.NC(=Nc1ccccc1)c1ccccc1. The molecule has 2 aromatic rings. The first-order chi connectivity index (χ1) is 7.36. The van der Waals surface area contributed by atoms with Gasteiger partial charge < -0.3 is 5.73 Å². The fraction of sp³-hybridized carbons (Fsp3) is 0. The van der Waals surface area contributed by atoms with Crippen molar-refractivity contribution in [3.8, 4) is 0 Å². The van der Waals surface area contributed by atoms with Crippen LogP contribution in [-0.4, -0.2) is 5.84 Å². The van der Waals surface area contributed by atoms with Gasteiger partial charge >= 0.3 is 0 Å². The normalized spacial score (nSPS) is 10.0. The number of aliphatic imine (C=N–C) groups is 1. The Labute approximate surface area is 113 Å². The fourth-order valence-electron chi connectivity index (χ4n) is 1.32. The first-order valence-corrected chi connectivity index (χ1v) is 4.81. The Morgan fingerprint density at radius 2 is 1.24 bits per heavy atom. The standard InChI is InChI=1S/C13H12N2.2ClH/c14-13(11-7-3-1-4-8-11)15-12-9-5-2-6-10-12;;/h1-10H,(H2,14,15);2*1H. The van der Waals surface area contributed by atoms with E-state index in [9.17, 15) is 0 Å². The third kappa shape index (κ3) is 4.47. The van der Waals surface area contributed by atoms with E-state index >= 15 is 0 Å². The van der Waals surface area contributed by atoms with Crippen LogP contribution in [0.5, 0.6) is 0 Å². The molecule has 0 aromatic heterocycles. The number of benzene rings is 2. The molecule has 0 bridgehead atoms. The van der Waals surface area contributed by atoms with Gasteiger partial charge in [-0.25, -0.2) is 4.99 Å². The van der Waals surface area contributed by atoms with Gasteiger partial charge in [0.15, 0.2) is 0 Å². The van der Waals surface area contributed by atoms with E-state index < -0.39 is 0 Å². The Bertz CT molecular complexity index is 455. The molecule has 0 aliphatic heterocycles. The number of hydrogen-bond acceptors (Lipinski definition) is 1. The van der Waals surface area contributed by atoms with E-state index in [-0.39, 0.29) is 24.8 Å². The molecule has 2 rings (SSSR count). The number of nitrogens with zero attached hydrogens (tertiary/aromatic N) is 1. The summed E-state index contributed by atoms with van der Waals surface area (Å²) < 4.78 is 0. The summed E-state index contributed by atoms with van der Waals surface area (Å²) in [6, 6.07) is 19.4. The molecule has 0 amide bonds. The Morgan fingerprint density at radius 3 is 1.76 bits per heavy atom. The van der Waals surface area contributed by atoms with E-state index in [0.29, 0.717) is 5.84 Å². The minimum absolute atomic E-state index is 0. The van der Waals surface area contributed by atoms with Gasteiger partial charge in [0.1, 0.15) is 5.84 Å². The van der Waals surface area contributed by atoms with E-state index in [1.54, 1.807) is 0 Å². The highest BCUT2D eigenvalue weighted by Crippen LogP contribution is 2.11. The van der Waals surface area contributed by atoms with Crippen LogP contribution >= 0.6 is 24.8 Å². The maximum absolute atomic E-state index is 5.88. The van der Waals surface area contributed by atoms with Crippen LogP contribution in [0.3, 0.4) is 0 Å². The summed E-state index contributed by atoms with van der Waals surface area (Å²) in [4.78, 5) is 4.32. The van der Waals surface area contributed by atoms with Crippen molar-refractivity contribution in [3.63, 3.8) is 0 Å². The highest BCUT2D eigenvalue weighted by molar-refractivity contribution is 5.98. The summed E-state index contributed by atoms with van der Waals surface area (Å²) in [5, 5.41) is 0. The molecule has 0 saturated carbocycles. The van der Waals surface area contributed by atoms with Crippen LogP contribution in [0.25, 0.3) is 0 Å². The third-order valence-electron chi connectivity index (χ3n) is 2.08. The van der Waals surface area contributed by atoms with Gasteiger partial charge in [0.2, 0.25) is 0 Å². The Morgan fingerprint density at radius 1 is 0.765 bits per heavy atom. The van der Waals surface area contributed by atoms with E-state index in [2.05, 4.69) is 4.99 Å². The van der Waals surface area contributed by atoms with E-state index in [1.807, 2.05) is 60.7 Å². The molecule has 2 nitrogen and oxygen atoms in total. The van der Waals surface area contributed by atoms with Gasteiger partial charge in [-0.15, -0.1) is 24.8 Å². The highest BCUT2D eigenvalue weighted by atomic mass is 35.5. The van der Waals surface area contributed by atoms with Crippen molar-refractivity contribution in [2.24, 2.45) is 10.7 Å². The van der Waals surface area contributed by atoms with Crippen molar-refractivity contribution < 1.29 is 0 Å². The van der Waals surface area contributed by atoms with Gasteiger partial charge in [0.05, 0.1) is 5.69 Å². The highest BCUT2D eigenvalue weighted by Gasteiger charge is 1.96. The van der Waals surface area contributed by atoms with Crippen LogP contribution < -0.4 is 5.73 Å². The molecule has 0 spiro atoms. The summed E-state index contributed by atoms with van der Waals surface area (Å²) >= 11 is 0. The van der Waals surface area contributed by atoms with Crippen LogP contribution in [0.2, 0.25) is 0 Å². The molecule has 0 aliphatic rings. The summed E-state index contributed by atoms with van der Waals surface area (Å²) in [6.45, 7) is 0. The lowest BCUT2D eigenvalue weighted by atomic mass is 10.2. The van der Waals surface area contributed by atoms with Gasteiger partial charge in [0, 0.05) is 5.56 Å². The maximum atomic E-state index is 5.88. The Hall–Kier alpha value is -1.51. The second kappa shape index (κ2) is 7.71. The van der Waals surface area contributed by atoms with Crippen molar-refractivity contribution in [1.29, 1.82) is 0 Å². The van der Waals surface area contributed by atoms with Gasteiger partial charge in [-0.05, 0) is 12.1 Å². The summed E-state index contributed by atoms with van der Waals surface area (Å²) in [5.41, 5.74) is 7.70. The van der Waals surface area contributed by atoms with Gasteiger partial charge in [-0.3, -0.25) is 0 Å². The zero-order valence-corrected chi connectivity index (χ0v) is 10.7. The molecule has 0 saturated heterocycles. The van der Waals surface area contributed by atoms with Crippen molar-refractivity contribution in [3.05, 3.63) is 66.2 Å². The Kier molecular flexibility index (Phi) is 7.03. The number of para-hydroxylation sites is 1. The summed E-state index contributed by atoms with van der Waals surface area (Å²) in [6.07, 6.45) is 0. The molecule has 0 heterocycles. The first-order valence-electron chi connectivity index (χ1n) is 4.81. The number of rotatable bonds is 2. The number of nitrogens with two attached hydrogens (primary N) is 1. The number of halogens is 2. The third-order valence-corrected chi connectivity index (χ3v) is 2.08. The number of hydrogen-bond donors (Lipinski definition) is 1. The smallest absolute Gasteiger partial charge is 0.131 e. The second-order valence-corrected chi connectivity index (χ2v) is 3.20. The fourth-order valence-corrected chi connectivity index (χ4v) is 1.32. The maximum Gasteiger partial charge on any atom is 0.131 e. The van der Waals surface area contributed by atoms with Crippen LogP contribution in [0.1, 0.15) is 5.56 Å². The van der Waals surface area contributed by atoms with Crippen LogP contribution in [-0.2, 0) is 0 Å². The quantitative estimate of drug-likeness (QED) is 0.657. The molecule has 90 valence electrons. The zero-order chi connectivity index (χ0) is 10.5. The molecule has 0 radical (unpaired) electrons. The topological polar surface area (TPSA) is 38.4 Å². The van der Waals surface area contributed by atoms with Gasteiger partial charge in [-0.1, -0.05) is 48.5 Å². The van der Waals surface area contributed by atoms with E-state index in [4.69, 9.17) is 5.73 Å². The lowest BCUT2D eigenvalue weighted by molar-refractivity contribution is 1.45. The van der Waals surface area contributed by atoms with Crippen molar-refractivity contribution in [2.45, 2.75) is 0 Å². The monoisotopic (exact) mass is 268 g/mol. The Balaban J connectivity index is 0.00000128. The largest absolute Gasteiger partial charge is 0.383 e. The molecule has 17 heavy (non-hydrogen) atoms. The molecular formula is C13H14Cl2N2. The van der Waals surface area contributed by atoms with E-state index in [1.165, 1.54) is 0 Å². The number of amidine groups is 1. The van der Waals surface area contributed by atoms with Crippen molar-refractivity contribution >= 4 is 36.3 Å². The van der Waals surface area contributed by atoms with E-state index in [0.717, 1.165) is 11.3 Å². The first kappa shape index (κ1) is 15.5. The second-order valence-electron chi connectivity index (χ2n) is 3.20. The minimum Gasteiger partial charge on any atom is -0.383 e. The average Bonchev–Trinajstić information content (AvgIpc) is 2.31. The lowest BCUT2D eigenvalue weighted by Gasteiger charge is -2.00. The molecule has 4 heteroatoms. The molecule has 0 fully saturated rings. The molecule has 0 aliphatic carbocycles. The van der Waals surface area contributed by atoms with Crippen LogP contribution in [0.15, 0.2) is 65.7 Å².